The van der Waals surface area contributed by atoms with Crippen LogP contribution in [0.25, 0.3) is 0 Å². The Bertz CT molecular complexity index is 1570. The van der Waals surface area contributed by atoms with Crippen molar-refractivity contribution in [2.24, 2.45) is 0 Å². The SMILES string of the molecule is O=C1c2ccc(NC(=O)N3[C@H]4CC[C@@H]3c3n[nH]c(=O)cc3C4)cc2C(=O)N1c1ccc(OCC(F)(F)F)nc1. The Balaban J connectivity index is 1.18. The van der Waals surface area contributed by atoms with Crippen molar-refractivity contribution in [2.75, 3.05) is 16.8 Å². The van der Waals surface area contributed by atoms with Gasteiger partial charge in [0.25, 0.3) is 17.4 Å². The first-order valence-electron chi connectivity index (χ1n) is 12.0. The third-order valence-corrected chi connectivity index (χ3v) is 6.93. The van der Waals surface area contributed by atoms with Gasteiger partial charge in [-0.25, -0.2) is 19.8 Å². The molecule has 14 heteroatoms. The number of aromatic nitrogens is 3. The van der Waals surface area contributed by atoms with Crippen LogP contribution in [-0.4, -0.2) is 56.8 Å². The second kappa shape index (κ2) is 8.92. The number of alkyl halides is 3. The standard InChI is InChI=1S/C25H19F3N6O5/c26-25(27,28)11-39-20-6-3-15(10-29-20)34-22(36)16-4-1-13(9-17(16)23(34)37)30-24(38)33-14-2-5-18(33)21-12(7-14)8-19(35)31-32-21/h1,3-4,6,8-10,14,18H,2,5,7,11H2,(H,30,38)(H,31,35)/t14-,18+/m0/s1. The fourth-order valence-corrected chi connectivity index (χ4v) is 5.30. The minimum Gasteiger partial charge on any atom is -0.468 e. The Morgan fingerprint density at radius 3 is 2.62 bits per heavy atom. The number of imide groups is 1. The maximum Gasteiger partial charge on any atom is 0.422 e. The van der Waals surface area contributed by atoms with Gasteiger partial charge in [-0.1, -0.05) is 0 Å². The molecule has 6 rings (SSSR count). The maximum absolute atomic E-state index is 13.2. The highest BCUT2D eigenvalue weighted by Gasteiger charge is 2.44. The summed E-state index contributed by atoms with van der Waals surface area (Å²) in [6, 6.07) is 7.44. The van der Waals surface area contributed by atoms with E-state index in [1.165, 1.54) is 30.3 Å². The first-order chi connectivity index (χ1) is 18.6. The van der Waals surface area contributed by atoms with Gasteiger partial charge >= 0.3 is 12.2 Å². The molecule has 2 bridgehead atoms. The van der Waals surface area contributed by atoms with Crippen molar-refractivity contribution in [1.29, 1.82) is 0 Å². The molecule has 200 valence electrons. The van der Waals surface area contributed by atoms with Gasteiger partial charge in [-0.05, 0) is 49.1 Å². The molecule has 2 N–H and O–H groups in total. The monoisotopic (exact) mass is 540 g/mol. The van der Waals surface area contributed by atoms with Gasteiger partial charge < -0.3 is 15.0 Å². The van der Waals surface area contributed by atoms with Gasteiger partial charge in [0.1, 0.15) is 0 Å². The molecule has 2 aromatic heterocycles. The number of amides is 4. The predicted molar refractivity (Wildman–Crippen MR) is 129 cm³/mol. The van der Waals surface area contributed by atoms with E-state index in [0.717, 1.165) is 29.1 Å². The van der Waals surface area contributed by atoms with E-state index in [1.54, 1.807) is 4.90 Å². The van der Waals surface area contributed by atoms with Crippen molar-refractivity contribution in [1.82, 2.24) is 20.1 Å². The Kier molecular flexibility index (Phi) is 5.62. The number of nitrogens with one attached hydrogen (secondary N) is 2. The second-order valence-electron chi connectivity index (χ2n) is 9.40. The number of halogens is 3. The van der Waals surface area contributed by atoms with Crippen LogP contribution in [0.2, 0.25) is 0 Å². The summed E-state index contributed by atoms with van der Waals surface area (Å²) in [5.41, 5.74) is 1.71. The number of aromatic amines is 1. The lowest BCUT2D eigenvalue weighted by atomic mass is 9.99. The van der Waals surface area contributed by atoms with Crippen LogP contribution in [0.5, 0.6) is 5.88 Å². The molecule has 0 spiro atoms. The molecule has 3 aliphatic heterocycles. The Labute approximate surface area is 217 Å². The average molecular weight is 540 g/mol. The molecule has 11 nitrogen and oxygen atoms in total. The molecule has 5 heterocycles. The summed E-state index contributed by atoms with van der Waals surface area (Å²) in [5, 5.41) is 9.38. The lowest BCUT2D eigenvalue weighted by Crippen LogP contribution is -2.45. The summed E-state index contributed by atoms with van der Waals surface area (Å²) in [5.74, 6) is -1.62. The summed E-state index contributed by atoms with van der Waals surface area (Å²) in [4.78, 5) is 57.2. The third-order valence-electron chi connectivity index (χ3n) is 6.93. The van der Waals surface area contributed by atoms with E-state index in [9.17, 15) is 32.3 Å². The lowest BCUT2D eigenvalue weighted by molar-refractivity contribution is -0.154. The van der Waals surface area contributed by atoms with Crippen molar-refractivity contribution in [2.45, 2.75) is 37.5 Å². The van der Waals surface area contributed by atoms with Crippen LogP contribution in [-0.2, 0) is 6.42 Å². The van der Waals surface area contributed by atoms with E-state index in [1.807, 2.05) is 0 Å². The molecule has 3 aromatic rings. The molecule has 4 amide bonds. The Morgan fingerprint density at radius 2 is 1.87 bits per heavy atom. The zero-order valence-electron chi connectivity index (χ0n) is 20.0. The van der Waals surface area contributed by atoms with Gasteiger partial charge in [0.2, 0.25) is 5.88 Å². The molecule has 0 radical (unpaired) electrons. The van der Waals surface area contributed by atoms with E-state index >= 15 is 0 Å². The number of carbonyl (C=O) groups excluding carboxylic acids is 3. The van der Waals surface area contributed by atoms with E-state index < -0.39 is 30.6 Å². The van der Waals surface area contributed by atoms with Gasteiger partial charge in [0.05, 0.1) is 34.7 Å². The van der Waals surface area contributed by atoms with Gasteiger partial charge in [0, 0.05) is 23.9 Å². The minimum absolute atomic E-state index is 0.0558. The van der Waals surface area contributed by atoms with Crippen LogP contribution in [0.3, 0.4) is 0 Å². The molecule has 0 saturated carbocycles. The number of urea groups is 1. The Morgan fingerprint density at radius 1 is 1.08 bits per heavy atom. The lowest BCUT2D eigenvalue weighted by Gasteiger charge is -2.35. The maximum atomic E-state index is 13.2. The van der Waals surface area contributed by atoms with Crippen molar-refractivity contribution in [3.63, 3.8) is 0 Å². The van der Waals surface area contributed by atoms with Crippen LogP contribution < -0.4 is 20.5 Å². The van der Waals surface area contributed by atoms with Gasteiger partial charge in [-0.15, -0.1) is 0 Å². The summed E-state index contributed by atoms with van der Waals surface area (Å²) < 4.78 is 41.6. The highest BCUT2D eigenvalue weighted by molar-refractivity contribution is 6.34. The molecule has 0 aliphatic carbocycles. The number of anilines is 2. The van der Waals surface area contributed by atoms with Crippen molar-refractivity contribution < 1.29 is 32.3 Å². The van der Waals surface area contributed by atoms with E-state index in [4.69, 9.17) is 0 Å². The van der Waals surface area contributed by atoms with Crippen LogP contribution in [0.15, 0.2) is 47.4 Å². The number of fused-ring (bicyclic) bond motifs is 5. The van der Waals surface area contributed by atoms with Crippen molar-refractivity contribution in [3.8, 4) is 5.88 Å². The molecule has 0 unspecified atom stereocenters. The number of H-pyrrole nitrogens is 1. The number of rotatable bonds is 4. The summed E-state index contributed by atoms with van der Waals surface area (Å²) in [6.45, 7) is -1.53. The molecular weight excluding hydrogens is 521 g/mol. The fraction of sp³-hybridized carbons (Fsp3) is 0.280. The quantitative estimate of drug-likeness (QED) is 0.485. The van der Waals surface area contributed by atoms with E-state index in [-0.39, 0.29) is 40.3 Å². The third kappa shape index (κ3) is 4.36. The molecule has 39 heavy (non-hydrogen) atoms. The Hall–Kier alpha value is -4.75. The largest absolute Gasteiger partial charge is 0.468 e. The van der Waals surface area contributed by atoms with Crippen LogP contribution in [0.1, 0.15) is 50.9 Å². The number of ether oxygens (including phenoxy) is 1. The number of hydrogen-bond acceptors (Lipinski definition) is 7. The topological polar surface area (TPSA) is 138 Å². The van der Waals surface area contributed by atoms with E-state index in [2.05, 4.69) is 25.2 Å². The first kappa shape index (κ1) is 24.6. The minimum atomic E-state index is -4.54. The zero-order chi connectivity index (χ0) is 27.5. The molecule has 3 aliphatic rings. The number of nitrogens with zero attached hydrogens (tertiary/aromatic N) is 4. The smallest absolute Gasteiger partial charge is 0.422 e. The van der Waals surface area contributed by atoms with Gasteiger partial charge in [0.15, 0.2) is 6.61 Å². The number of hydrogen-bond donors (Lipinski definition) is 2. The van der Waals surface area contributed by atoms with Crippen LogP contribution in [0, 0.1) is 0 Å². The molecule has 1 saturated heterocycles. The predicted octanol–water partition coefficient (Wildman–Crippen LogP) is 3.20. The normalized spacial score (nSPS) is 19.7. The van der Waals surface area contributed by atoms with Crippen molar-refractivity contribution in [3.05, 3.63) is 75.3 Å². The van der Waals surface area contributed by atoms with Gasteiger partial charge in [-0.2, -0.15) is 18.3 Å². The molecule has 2 atom stereocenters. The molecule has 1 fully saturated rings. The van der Waals surface area contributed by atoms with Gasteiger partial charge in [-0.3, -0.25) is 14.4 Å². The fourth-order valence-electron chi connectivity index (χ4n) is 5.30. The summed E-state index contributed by atoms with van der Waals surface area (Å²) in [6.07, 6.45) is -1.50. The van der Waals surface area contributed by atoms with Crippen LogP contribution >= 0.6 is 0 Å². The van der Waals surface area contributed by atoms with E-state index in [0.29, 0.717) is 24.2 Å². The number of pyridine rings is 1. The number of carbonyl (C=O) groups is 3. The first-order valence-corrected chi connectivity index (χ1v) is 12.0. The number of benzene rings is 1. The molecular formula is C25H19F3N6O5. The molecule has 1 aromatic carbocycles. The summed E-state index contributed by atoms with van der Waals surface area (Å²) in [7, 11) is 0. The second-order valence-corrected chi connectivity index (χ2v) is 9.40. The summed E-state index contributed by atoms with van der Waals surface area (Å²) >= 11 is 0. The van der Waals surface area contributed by atoms with Crippen LogP contribution in [0.4, 0.5) is 29.3 Å². The highest BCUT2D eigenvalue weighted by Crippen LogP contribution is 2.42. The average Bonchev–Trinajstić information content (AvgIpc) is 3.34. The van der Waals surface area contributed by atoms with Crippen molar-refractivity contribution >= 4 is 29.2 Å². The zero-order valence-corrected chi connectivity index (χ0v) is 20.0. The highest BCUT2D eigenvalue weighted by atomic mass is 19.4.